The number of hydrogen-bond acceptors (Lipinski definition) is 7. The van der Waals surface area contributed by atoms with E-state index in [1.165, 1.54) is 0 Å². The lowest BCUT2D eigenvalue weighted by molar-refractivity contribution is 0.226. The molecule has 0 saturated carbocycles. The number of rotatable bonds is 6. The molecule has 2 atom stereocenters. The van der Waals surface area contributed by atoms with E-state index in [2.05, 4.69) is 8.62 Å². The molecule has 0 heterocycles. The van der Waals surface area contributed by atoms with Crippen molar-refractivity contribution in [2.45, 2.75) is 0 Å². The summed E-state index contributed by atoms with van der Waals surface area (Å²) in [7, 11) is -11.2. The monoisotopic (exact) mass is 354 g/mol. The van der Waals surface area contributed by atoms with Gasteiger partial charge in [0, 0.05) is 0 Å². The van der Waals surface area contributed by atoms with Crippen LogP contribution in [-0.2, 0) is 26.9 Å². The van der Waals surface area contributed by atoms with E-state index in [-0.39, 0.29) is 0 Å². The molecule has 17 heteroatoms. The minimum atomic E-state index is -5.66. The van der Waals surface area contributed by atoms with E-state index in [1.807, 2.05) is 0 Å². The van der Waals surface area contributed by atoms with Crippen LogP contribution in [0.5, 0.6) is 0 Å². The molecular weight excluding hydrogens is 348 g/mol. The minimum absolute atomic E-state index is 0.998. The molecule has 0 spiro atoms. The second-order valence-electron chi connectivity index (χ2n) is 2.16. The third-order valence-electron chi connectivity index (χ3n) is 0.625. The fourth-order valence-corrected chi connectivity index (χ4v) is 8.38. The molecule has 12 nitrogen and oxygen atoms in total. The Morgan fingerprint density at radius 1 is 0.765 bits per heavy atom. The molecule has 17 heavy (non-hydrogen) atoms. The molecule has 0 aliphatic heterocycles. The molecule has 2 unspecified atom stereocenters. The van der Waals surface area contributed by atoms with Gasteiger partial charge in [-0.15, -0.1) is 0 Å². The van der Waals surface area contributed by atoms with Gasteiger partial charge in [0.2, 0.25) is 0 Å². The predicted molar refractivity (Wildman–Crippen MR) is 53.5 cm³/mol. The highest BCUT2D eigenvalue weighted by Gasteiger charge is 2.43. The zero-order valence-corrected chi connectivity index (χ0v) is 11.7. The average molecular weight is 354 g/mol. The first kappa shape index (κ1) is 17.9. The highest BCUT2D eigenvalue weighted by atomic mass is 33.1. The Hall–Kier alpha value is 0.950. The quantitative estimate of drug-likeness (QED) is 0.351. The first-order chi connectivity index (χ1) is 7.12. The standard InChI is InChI=1S/H6O12P4S/c1-13(2,3)11-15(7,8)12-16(9,10)17-14(4,5)6/h(H,7,8)(H,9,10)(H2,1,2,3)(H2,4,5,6). The van der Waals surface area contributed by atoms with Crippen LogP contribution in [0.1, 0.15) is 0 Å². The van der Waals surface area contributed by atoms with Gasteiger partial charge in [0.25, 0.3) is 0 Å². The lowest BCUT2D eigenvalue weighted by Crippen LogP contribution is -1.91. The molecular formula is H6O12P4S. The molecule has 0 rings (SSSR count). The molecule has 6 N–H and O–H groups in total. The Labute approximate surface area is 97.0 Å². The van der Waals surface area contributed by atoms with E-state index in [9.17, 15) is 18.3 Å². The van der Waals surface area contributed by atoms with E-state index < -0.39 is 40.2 Å². The molecule has 0 bridgehead atoms. The Bertz CT molecular complexity index is 407. The Morgan fingerprint density at radius 3 is 1.47 bits per heavy atom. The summed E-state index contributed by atoms with van der Waals surface area (Å²) in [5.74, 6) is 0. The molecule has 0 aromatic rings. The topological polar surface area (TPSA) is 208 Å². The maximum Gasteiger partial charge on any atom is 0.488 e. The summed E-state index contributed by atoms with van der Waals surface area (Å²) in [6.45, 7) is -10.5. The summed E-state index contributed by atoms with van der Waals surface area (Å²) >= 11 is -0.998. The van der Waals surface area contributed by atoms with Crippen molar-refractivity contribution in [2.24, 2.45) is 0 Å². The van der Waals surface area contributed by atoms with Crippen molar-refractivity contribution in [1.29, 1.82) is 0 Å². The van der Waals surface area contributed by atoms with Crippen LogP contribution in [0.3, 0.4) is 0 Å². The van der Waals surface area contributed by atoms with Crippen LogP contribution in [0, 0.1) is 0 Å². The summed E-state index contributed by atoms with van der Waals surface area (Å²) in [6, 6.07) is 0. The third kappa shape index (κ3) is 10.5. The zero-order chi connectivity index (χ0) is 14.1. The molecule has 0 aromatic heterocycles. The van der Waals surface area contributed by atoms with Crippen molar-refractivity contribution in [1.82, 2.24) is 0 Å². The van der Waals surface area contributed by atoms with Gasteiger partial charge < -0.3 is 29.4 Å². The van der Waals surface area contributed by atoms with Gasteiger partial charge in [-0.05, 0) is 0 Å². The van der Waals surface area contributed by atoms with Gasteiger partial charge in [0.1, 0.15) is 0 Å². The van der Waals surface area contributed by atoms with Gasteiger partial charge in [-0.1, -0.05) is 0 Å². The normalized spacial score (nSPS) is 20.6. The minimum Gasteiger partial charge on any atom is -0.316 e. The van der Waals surface area contributed by atoms with Crippen LogP contribution in [0.15, 0.2) is 0 Å². The van der Waals surface area contributed by atoms with Crippen molar-refractivity contribution in [3.05, 3.63) is 0 Å². The fourth-order valence-electron chi connectivity index (χ4n) is 0.429. The van der Waals surface area contributed by atoms with Gasteiger partial charge >= 0.3 is 29.2 Å². The molecule has 104 valence electrons. The van der Waals surface area contributed by atoms with E-state index in [4.69, 9.17) is 29.4 Å². The lowest BCUT2D eigenvalue weighted by atomic mass is 15.7. The van der Waals surface area contributed by atoms with Crippen molar-refractivity contribution >= 4 is 40.2 Å². The van der Waals surface area contributed by atoms with E-state index in [0.29, 0.717) is 0 Å². The van der Waals surface area contributed by atoms with E-state index >= 15 is 0 Å². The Balaban J connectivity index is 4.84. The van der Waals surface area contributed by atoms with E-state index in [0.717, 1.165) is 0 Å². The number of hydrogen-bond donors (Lipinski definition) is 6. The smallest absolute Gasteiger partial charge is 0.316 e. The molecule has 0 aromatic carbocycles. The van der Waals surface area contributed by atoms with Crippen molar-refractivity contribution in [3.8, 4) is 0 Å². The second-order valence-corrected chi connectivity index (χ2v) is 12.2. The van der Waals surface area contributed by atoms with Gasteiger partial charge in [-0.3, -0.25) is 0 Å². The fraction of sp³-hybridized carbons (Fsp3) is 0. The molecule has 0 aliphatic carbocycles. The first-order valence-electron chi connectivity index (χ1n) is 3.03. The summed E-state index contributed by atoms with van der Waals surface area (Å²) in [5, 5.41) is 0. The molecule has 0 amide bonds. The summed E-state index contributed by atoms with van der Waals surface area (Å²) in [5.41, 5.74) is 0. The lowest BCUT2D eigenvalue weighted by Gasteiger charge is -2.15. The summed E-state index contributed by atoms with van der Waals surface area (Å²) in [4.78, 5) is 50.1. The highest BCUT2D eigenvalue weighted by molar-refractivity contribution is 8.84. The molecule has 0 saturated heterocycles. The summed E-state index contributed by atoms with van der Waals surface area (Å²) < 4.78 is 48.6. The van der Waals surface area contributed by atoms with E-state index in [1.54, 1.807) is 0 Å². The largest absolute Gasteiger partial charge is 0.488 e. The van der Waals surface area contributed by atoms with Crippen LogP contribution in [0.25, 0.3) is 0 Å². The Morgan fingerprint density at radius 2 is 1.18 bits per heavy atom. The number of phosphoric acid groups is 2. The maximum absolute atomic E-state index is 10.9. The van der Waals surface area contributed by atoms with Gasteiger partial charge in [-0.25, -0.2) is 18.3 Å². The molecule has 0 aliphatic rings. The van der Waals surface area contributed by atoms with Gasteiger partial charge in [0.15, 0.2) is 0 Å². The van der Waals surface area contributed by atoms with Crippen LogP contribution in [0.4, 0.5) is 0 Å². The first-order valence-corrected chi connectivity index (χ1v) is 11.3. The second kappa shape index (κ2) is 5.52. The SMILES string of the molecule is O=P(O)(O)OP(=O)(O)OP(=O)(O)SP(=O)(O)O. The molecule has 0 fully saturated rings. The van der Waals surface area contributed by atoms with Crippen molar-refractivity contribution in [3.63, 3.8) is 0 Å². The van der Waals surface area contributed by atoms with Crippen LogP contribution in [0.2, 0.25) is 0 Å². The highest BCUT2D eigenvalue weighted by Crippen LogP contribution is 2.78. The summed E-state index contributed by atoms with van der Waals surface area (Å²) in [6.07, 6.45) is 0. The predicted octanol–water partition coefficient (Wildman–Crippen LogP) is 0.139. The Kier molecular flexibility index (Phi) is 5.83. The van der Waals surface area contributed by atoms with Gasteiger partial charge in [0.05, 0.1) is 11.0 Å². The third-order valence-corrected chi connectivity index (χ3v) is 10.0. The van der Waals surface area contributed by atoms with Crippen LogP contribution >= 0.6 is 40.2 Å². The maximum atomic E-state index is 10.9. The van der Waals surface area contributed by atoms with Gasteiger partial charge in [-0.2, -0.15) is 8.62 Å². The average Bonchev–Trinajstić information content (AvgIpc) is 1.65. The van der Waals surface area contributed by atoms with Crippen molar-refractivity contribution in [2.75, 3.05) is 0 Å². The van der Waals surface area contributed by atoms with Crippen LogP contribution < -0.4 is 0 Å². The molecule has 0 radical (unpaired) electrons. The zero-order valence-electron chi connectivity index (χ0n) is 7.33. The van der Waals surface area contributed by atoms with Crippen molar-refractivity contribution < 1.29 is 56.2 Å². The van der Waals surface area contributed by atoms with Crippen LogP contribution in [-0.4, -0.2) is 29.4 Å².